The zero-order valence-electron chi connectivity index (χ0n) is 20.1. The zero-order valence-corrected chi connectivity index (χ0v) is 20.8. The maximum Gasteiger partial charge on any atom is 0.244 e. The lowest BCUT2D eigenvalue weighted by atomic mass is 9.93. The summed E-state index contributed by atoms with van der Waals surface area (Å²) >= 11 is 6.16. The molecular formula is C27H28ClN5O3. The Morgan fingerprint density at radius 3 is 2.56 bits per heavy atom. The van der Waals surface area contributed by atoms with Gasteiger partial charge in [0.05, 0.1) is 11.7 Å². The van der Waals surface area contributed by atoms with Crippen LogP contribution in [0.25, 0.3) is 11.8 Å². The van der Waals surface area contributed by atoms with Gasteiger partial charge in [-0.2, -0.15) is 4.68 Å². The first-order valence-electron chi connectivity index (χ1n) is 12.0. The average Bonchev–Trinajstić information content (AvgIpc) is 3.57. The molecule has 0 bridgehead atoms. The normalized spacial score (nSPS) is 14.7. The second-order valence-electron chi connectivity index (χ2n) is 9.13. The predicted molar refractivity (Wildman–Crippen MR) is 137 cm³/mol. The molecular weight excluding hydrogens is 478 g/mol. The second-order valence-corrected chi connectivity index (χ2v) is 9.57. The van der Waals surface area contributed by atoms with Crippen LogP contribution in [-0.2, 0) is 16.0 Å². The first kappa shape index (κ1) is 25.4. The standard InChI is InChI=1S/C27H28ClN5O3/c1-18(34)21-8-6-20(7-9-21)15-26(35)24(14-19-4-2-3-5-19)30-27(36)13-10-22-16-23(28)11-12-25(22)33-17-29-31-32-33/h6-13,16-17,19,24H,2-5,14-15H2,1H3,(H,30,36)/b13-10+/t24-/m0/s1. The Balaban J connectivity index is 1.47. The Kier molecular flexibility index (Phi) is 8.38. The molecule has 0 saturated heterocycles. The van der Waals surface area contributed by atoms with E-state index in [9.17, 15) is 14.4 Å². The van der Waals surface area contributed by atoms with Gasteiger partial charge in [0, 0.05) is 28.6 Å². The molecule has 9 heteroatoms. The van der Waals surface area contributed by atoms with E-state index in [4.69, 9.17) is 11.6 Å². The molecule has 1 saturated carbocycles. The number of amides is 1. The molecule has 1 aliphatic rings. The zero-order chi connectivity index (χ0) is 25.5. The van der Waals surface area contributed by atoms with Gasteiger partial charge in [-0.25, -0.2) is 0 Å². The number of tetrazole rings is 1. The van der Waals surface area contributed by atoms with E-state index in [-0.39, 0.29) is 23.9 Å². The van der Waals surface area contributed by atoms with Gasteiger partial charge >= 0.3 is 0 Å². The van der Waals surface area contributed by atoms with Crippen molar-refractivity contribution in [3.8, 4) is 5.69 Å². The van der Waals surface area contributed by atoms with Crippen LogP contribution < -0.4 is 5.32 Å². The van der Waals surface area contributed by atoms with Gasteiger partial charge < -0.3 is 5.32 Å². The van der Waals surface area contributed by atoms with Crippen molar-refractivity contribution in [1.82, 2.24) is 25.5 Å². The van der Waals surface area contributed by atoms with E-state index in [0.717, 1.165) is 31.2 Å². The molecule has 8 nitrogen and oxygen atoms in total. The number of Topliss-reactive ketones (excluding diaryl/α,β-unsaturated/α-hetero) is 2. The molecule has 1 amide bonds. The number of nitrogens with one attached hydrogen (secondary N) is 1. The van der Waals surface area contributed by atoms with Crippen molar-refractivity contribution < 1.29 is 14.4 Å². The minimum atomic E-state index is -0.587. The van der Waals surface area contributed by atoms with Crippen molar-refractivity contribution in [3.05, 3.63) is 76.6 Å². The third-order valence-electron chi connectivity index (χ3n) is 6.49. The minimum Gasteiger partial charge on any atom is -0.343 e. The highest BCUT2D eigenvalue weighted by atomic mass is 35.5. The summed E-state index contributed by atoms with van der Waals surface area (Å²) in [5, 5.41) is 14.6. The number of carbonyl (C=O) groups is 3. The summed E-state index contributed by atoms with van der Waals surface area (Å²) in [7, 11) is 0. The fourth-order valence-corrected chi connectivity index (χ4v) is 4.74. The smallest absolute Gasteiger partial charge is 0.244 e. The first-order chi connectivity index (χ1) is 17.4. The van der Waals surface area contributed by atoms with Crippen molar-refractivity contribution in [2.24, 2.45) is 5.92 Å². The summed E-state index contributed by atoms with van der Waals surface area (Å²) in [5.74, 6) is -0.00563. The van der Waals surface area contributed by atoms with Crippen molar-refractivity contribution in [2.45, 2.75) is 51.5 Å². The van der Waals surface area contributed by atoms with Crippen LogP contribution in [0.4, 0.5) is 0 Å². The molecule has 36 heavy (non-hydrogen) atoms. The Morgan fingerprint density at radius 2 is 1.89 bits per heavy atom. The lowest BCUT2D eigenvalue weighted by Gasteiger charge is -2.20. The fourth-order valence-electron chi connectivity index (χ4n) is 4.56. The van der Waals surface area contributed by atoms with Crippen LogP contribution in [0, 0.1) is 5.92 Å². The molecule has 2 aromatic carbocycles. The van der Waals surface area contributed by atoms with Gasteiger partial charge in [-0.05, 0) is 59.5 Å². The molecule has 0 unspecified atom stereocenters. The van der Waals surface area contributed by atoms with Gasteiger partial charge in [0.25, 0.3) is 0 Å². The Bertz CT molecular complexity index is 1250. The highest BCUT2D eigenvalue weighted by molar-refractivity contribution is 6.30. The predicted octanol–water partition coefficient (Wildman–Crippen LogP) is 4.41. The van der Waals surface area contributed by atoms with Gasteiger partial charge in [0.2, 0.25) is 5.91 Å². The SMILES string of the molecule is CC(=O)c1ccc(CC(=O)[C@H](CC2CCCC2)NC(=O)/C=C/c2cc(Cl)ccc2-n2cnnn2)cc1. The third-order valence-corrected chi connectivity index (χ3v) is 6.72. The quantitative estimate of drug-likeness (QED) is 0.323. The Hall–Kier alpha value is -3.65. The van der Waals surface area contributed by atoms with Gasteiger partial charge in [-0.3, -0.25) is 14.4 Å². The van der Waals surface area contributed by atoms with Gasteiger partial charge in [-0.1, -0.05) is 61.5 Å². The number of ketones is 2. The Morgan fingerprint density at radius 1 is 1.14 bits per heavy atom. The number of rotatable bonds is 10. The molecule has 1 atom stereocenters. The van der Waals surface area contributed by atoms with Crippen molar-refractivity contribution >= 4 is 35.2 Å². The van der Waals surface area contributed by atoms with E-state index in [1.54, 1.807) is 48.5 Å². The van der Waals surface area contributed by atoms with E-state index >= 15 is 0 Å². The van der Waals surface area contributed by atoms with Crippen LogP contribution in [0.15, 0.2) is 54.9 Å². The minimum absolute atomic E-state index is 0.0195. The van der Waals surface area contributed by atoms with Gasteiger partial charge in [0.15, 0.2) is 11.6 Å². The maximum atomic E-state index is 13.2. The molecule has 0 radical (unpaired) electrons. The number of hydrogen-bond acceptors (Lipinski definition) is 6. The van der Waals surface area contributed by atoms with Crippen molar-refractivity contribution in [2.75, 3.05) is 0 Å². The van der Waals surface area contributed by atoms with E-state index in [1.807, 2.05) is 0 Å². The van der Waals surface area contributed by atoms with Crippen LogP contribution in [0.5, 0.6) is 0 Å². The molecule has 1 fully saturated rings. The van der Waals surface area contributed by atoms with E-state index in [0.29, 0.717) is 34.2 Å². The highest BCUT2D eigenvalue weighted by Crippen LogP contribution is 2.29. The molecule has 0 aliphatic heterocycles. The van der Waals surface area contributed by atoms with Crippen LogP contribution in [0.2, 0.25) is 5.02 Å². The molecule has 1 N–H and O–H groups in total. The summed E-state index contributed by atoms with van der Waals surface area (Å²) in [6, 6.07) is 11.7. The molecule has 1 aromatic heterocycles. The summed E-state index contributed by atoms with van der Waals surface area (Å²) in [6.45, 7) is 1.51. The summed E-state index contributed by atoms with van der Waals surface area (Å²) in [6.07, 6.45) is 9.75. The lowest BCUT2D eigenvalue weighted by molar-refractivity contribution is -0.125. The van der Waals surface area contributed by atoms with Crippen LogP contribution in [-0.4, -0.2) is 43.7 Å². The van der Waals surface area contributed by atoms with Gasteiger partial charge in [0.1, 0.15) is 6.33 Å². The highest BCUT2D eigenvalue weighted by Gasteiger charge is 2.26. The first-order valence-corrected chi connectivity index (χ1v) is 12.4. The van der Waals surface area contributed by atoms with Crippen LogP contribution in [0.1, 0.15) is 60.5 Å². The second kappa shape index (κ2) is 11.9. The van der Waals surface area contributed by atoms with Gasteiger partial charge in [-0.15, -0.1) is 5.10 Å². The number of aromatic nitrogens is 4. The van der Waals surface area contributed by atoms with Crippen molar-refractivity contribution in [1.29, 1.82) is 0 Å². The van der Waals surface area contributed by atoms with E-state index in [1.165, 1.54) is 24.0 Å². The monoisotopic (exact) mass is 505 g/mol. The van der Waals surface area contributed by atoms with Crippen LogP contribution in [0.3, 0.4) is 0 Å². The van der Waals surface area contributed by atoms with E-state index < -0.39 is 6.04 Å². The topological polar surface area (TPSA) is 107 Å². The Labute approximate surface area is 214 Å². The molecule has 4 rings (SSSR count). The van der Waals surface area contributed by atoms with Crippen molar-refractivity contribution in [3.63, 3.8) is 0 Å². The molecule has 3 aromatic rings. The molecule has 186 valence electrons. The summed E-state index contributed by atoms with van der Waals surface area (Å²) in [5.41, 5.74) is 2.75. The summed E-state index contributed by atoms with van der Waals surface area (Å²) in [4.78, 5) is 37.7. The molecule has 1 aliphatic carbocycles. The number of benzene rings is 2. The largest absolute Gasteiger partial charge is 0.343 e. The third kappa shape index (κ3) is 6.73. The molecule has 0 spiro atoms. The van der Waals surface area contributed by atoms with E-state index in [2.05, 4.69) is 20.8 Å². The van der Waals surface area contributed by atoms with Crippen LogP contribution >= 0.6 is 11.6 Å². The number of carbonyl (C=O) groups excluding carboxylic acids is 3. The fraction of sp³-hybridized carbons (Fsp3) is 0.333. The number of halogens is 1. The number of hydrogen-bond donors (Lipinski definition) is 1. The average molecular weight is 506 g/mol. The summed E-state index contributed by atoms with van der Waals surface area (Å²) < 4.78 is 1.48. The molecule has 1 heterocycles. The lowest BCUT2D eigenvalue weighted by Crippen LogP contribution is -2.42. The number of nitrogens with zero attached hydrogens (tertiary/aromatic N) is 4. The maximum absolute atomic E-state index is 13.2.